The Kier molecular flexibility index (Phi) is 6.56. The van der Waals surface area contributed by atoms with Crippen LogP contribution in [0.5, 0.6) is 11.5 Å². The maximum absolute atomic E-state index is 12.4. The zero-order valence-electron chi connectivity index (χ0n) is 18.0. The SMILES string of the molecule is CCn1cc(/C=C/C(=O)Nc2c(C)nn(Cc3ccc(OC)c(OC)c3)c2C)cn1. The van der Waals surface area contributed by atoms with Gasteiger partial charge in [0, 0.05) is 24.4 Å². The Bertz CT molecular complexity index is 1060. The lowest BCUT2D eigenvalue weighted by Gasteiger charge is -2.10. The summed E-state index contributed by atoms with van der Waals surface area (Å²) in [7, 11) is 3.22. The number of aromatic nitrogens is 4. The number of amides is 1. The standard InChI is InChI=1S/C22H27N5O3/c1-6-26-13-18(12-23-26)8-10-21(28)24-22-15(2)25-27(16(22)3)14-17-7-9-19(29-4)20(11-17)30-5/h7-13H,6,14H2,1-5H3,(H,24,28)/b10-8+. The molecule has 0 saturated heterocycles. The molecule has 2 heterocycles. The van der Waals surface area contributed by atoms with Crippen molar-refractivity contribution in [1.29, 1.82) is 0 Å². The molecule has 0 aliphatic rings. The predicted octanol–water partition coefficient (Wildman–Crippen LogP) is 3.43. The first-order valence-corrected chi connectivity index (χ1v) is 9.71. The second kappa shape index (κ2) is 9.30. The molecule has 3 aromatic rings. The van der Waals surface area contributed by atoms with E-state index in [1.165, 1.54) is 6.08 Å². The van der Waals surface area contributed by atoms with Gasteiger partial charge in [-0.2, -0.15) is 10.2 Å². The molecule has 0 atom stereocenters. The molecule has 0 aliphatic carbocycles. The van der Waals surface area contributed by atoms with Crippen molar-refractivity contribution in [2.45, 2.75) is 33.9 Å². The first kappa shape index (κ1) is 21.2. The summed E-state index contributed by atoms with van der Waals surface area (Å²) in [6.45, 7) is 7.17. The number of rotatable bonds is 8. The predicted molar refractivity (Wildman–Crippen MR) is 116 cm³/mol. The highest BCUT2D eigenvalue weighted by Crippen LogP contribution is 2.28. The third kappa shape index (κ3) is 4.71. The molecular formula is C22H27N5O3. The van der Waals surface area contributed by atoms with Crippen LogP contribution in [0.4, 0.5) is 5.69 Å². The molecule has 30 heavy (non-hydrogen) atoms. The van der Waals surface area contributed by atoms with Gasteiger partial charge in [0.05, 0.1) is 44.0 Å². The number of hydrogen-bond donors (Lipinski definition) is 1. The van der Waals surface area contributed by atoms with Gasteiger partial charge >= 0.3 is 0 Å². The Balaban J connectivity index is 1.73. The fourth-order valence-corrected chi connectivity index (χ4v) is 3.16. The lowest BCUT2D eigenvalue weighted by molar-refractivity contribution is -0.111. The number of nitrogens with zero attached hydrogens (tertiary/aromatic N) is 4. The van der Waals surface area contributed by atoms with E-state index in [9.17, 15) is 4.79 Å². The van der Waals surface area contributed by atoms with E-state index < -0.39 is 0 Å². The van der Waals surface area contributed by atoms with Crippen molar-refractivity contribution in [2.24, 2.45) is 0 Å². The van der Waals surface area contributed by atoms with Gasteiger partial charge in [-0.15, -0.1) is 0 Å². The maximum atomic E-state index is 12.4. The van der Waals surface area contributed by atoms with Crippen molar-refractivity contribution in [3.63, 3.8) is 0 Å². The van der Waals surface area contributed by atoms with Crippen LogP contribution >= 0.6 is 0 Å². The number of benzene rings is 1. The Hall–Kier alpha value is -3.55. The number of hydrogen-bond acceptors (Lipinski definition) is 5. The summed E-state index contributed by atoms with van der Waals surface area (Å²) >= 11 is 0. The Labute approximate surface area is 176 Å². The van der Waals surface area contributed by atoms with Gasteiger partial charge in [0.1, 0.15) is 0 Å². The van der Waals surface area contributed by atoms with Crippen LogP contribution in [0.2, 0.25) is 0 Å². The second-order valence-corrected chi connectivity index (χ2v) is 6.84. The molecule has 1 aromatic carbocycles. The summed E-state index contributed by atoms with van der Waals surface area (Å²) < 4.78 is 14.3. The molecule has 0 unspecified atom stereocenters. The monoisotopic (exact) mass is 409 g/mol. The van der Waals surface area contributed by atoms with Crippen LogP contribution in [-0.2, 0) is 17.9 Å². The van der Waals surface area contributed by atoms with E-state index in [-0.39, 0.29) is 5.91 Å². The fraction of sp³-hybridized carbons (Fsp3) is 0.318. The number of nitrogens with one attached hydrogen (secondary N) is 1. The first-order chi connectivity index (χ1) is 14.4. The largest absolute Gasteiger partial charge is 0.493 e. The summed E-state index contributed by atoms with van der Waals surface area (Å²) in [4.78, 5) is 12.4. The molecule has 0 radical (unpaired) electrons. The van der Waals surface area contributed by atoms with E-state index >= 15 is 0 Å². The minimum absolute atomic E-state index is 0.212. The van der Waals surface area contributed by atoms with E-state index in [4.69, 9.17) is 9.47 Å². The lowest BCUT2D eigenvalue weighted by atomic mass is 10.2. The van der Waals surface area contributed by atoms with Gasteiger partial charge in [0.25, 0.3) is 0 Å². The normalized spacial score (nSPS) is 11.1. The van der Waals surface area contributed by atoms with Gasteiger partial charge in [-0.25, -0.2) is 0 Å². The summed E-state index contributed by atoms with van der Waals surface area (Å²) in [6.07, 6.45) is 6.86. The molecule has 0 aliphatic heterocycles. The number of carbonyl (C=O) groups is 1. The molecule has 8 nitrogen and oxygen atoms in total. The van der Waals surface area contributed by atoms with Crippen LogP contribution in [0.15, 0.2) is 36.7 Å². The third-order valence-corrected chi connectivity index (χ3v) is 4.81. The number of methoxy groups -OCH3 is 2. The molecule has 2 aromatic heterocycles. The van der Waals surface area contributed by atoms with Crippen LogP contribution < -0.4 is 14.8 Å². The molecule has 8 heteroatoms. The van der Waals surface area contributed by atoms with E-state index in [1.807, 2.05) is 54.5 Å². The van der Waals surface area contributed by atoms with Gasteiger partial charge in [-0.05, 0) is 44.5 Å². The summed E-state index contributed by atoms with van der Waals surface area (Å²) in [5.41, 5.74) is 4.25. The molecule has 0 fully saturated rings. The average Bonchev–Trinajstić information content (AvgIpc) is 3.32. The minimum atomic E-state index is -0.212. The van der Waals surface area contributed by atoms with Crippen LogP contribution in [0.25, 0.3) is 6.08 Å². The summed E-state index contributed by atoms with van der Waals surface area (Å²) in [6, 6.07) is 5.76. The quantitative estimate of drug-likeness (QED) is 0.576. The van der Waals surface area contributed by atoms with E-state index in [1.54, 1.807) is 26.5 Å². The van der Waals surface area contributed by atoms with Gasteiger partial charge < -0.3 is 14.8 Å². The Morgan fingerprint density at radius 1 is 1.20 bits per heavy atom. The van der Waals surface area contributed by atoms with Crippen molar-refractivity contribution >= 4 is 17.7 Å². The van der Waals surface area contributed by atoms with Crippen molar-refractivity contribution in [3.8, 4) is 11.5 Å². The van der Waals surface area contributed by atoms with Gasteiger partial charge in [-0.3, -0.25) is 14.2 Å². The van der Waals surface area contributed by atoms with Crippen molar-refractivity contribution in [2.75, 3.05) is 19.5 Å². The van der Waals surface area contributed by atoms with Gasteiger partial charge in [-0.1, -0.05) is 6.07 Å². The molecule has 0 bridgehead atoms. The molecule has 158 valence electrons. The van der Waals surface area contributed by atoms with Gasteiger partial charge in [0.15, 0.2) is 11.5 Å². The molecule has 3 rings (SSSR count). The first-order valence-electron chi connectivity index (χ1n) is 9.71. The zero-order chi connectivity index (χ0) is 21.7. The zero-order valence-corrected chi connectivity index (χ0v) is 18.0. The summed E-state index contributed by atoms with van der Waals surface area (Å²) in [5.74, 6) is 1.14. The van der Waals surface area contributed by atoms with E-state index in [0.717, 1.165) is 34.7 Å². The van der Waals surface area contributed by atoms with E-state index in [2.05, 4.69) is 15.5 Å². The number of aryl methyl sites for hydroxylation is 2. The highest BCUT2D eigenvalue weighted by atomic mass is 16.5. The maximum Gasteiger partial charge on any atom is 0.248 e. The topological polar surface area (TPSA) is 83.2 Å². The molecule has 1 N–H and O–H groups in total. The van der Waals surface area contributed by atoms with Crippen LogP contribution in [0.3, 0.4) is 0 Å². The number of ether oxygens (including phenoxy) is 2. The third-order valence-electron chi connectivity index (χ3n) is 4.81. The number of anilines is 1. The smallest absolute Gasteiger partial charge is 0.248 e. The second-order valence-electron chi connectivity index (χ2n) is 6.84. The lowest BCUT2D eigenvalue weighted by Crippen LogP contribution is -2.10. The fourth-order valence-electron chi connectivity index (χ4n) is 3.16. The molecular weight excluding hydrogens is 382 g/mol. The highest BCUT2D eigenvalue weighted by molar-refractivity contribution is 6.02. The number of carbonyl (C=O) groups excluding carboxylic acids is 1. The van der Waals surface area contributed by atoms with Crippen LogP contribution in [0.1, 0.15) is 29.4 Å². The van der Waals surface area contributed by atoms with Crippen molar-refractivity contribution < 1.29 is 14.3 Å². The minimum Gasteiger partial charge on any atom is -0.493 e. The summed E-state index contributed by atoms with van der Waals surface area (Å²) in [5, 5.41) is 11.7. The average molecular weight is 409 g/mol. The molecule has 1 amide bonds. The van der Waals surface area contributed by atoms with Gasteiger partial charge in [0.2, 0.25) is 5.91 Å². The molecule has 0 spiro atoms. The van der Waals surface area contributed by atoms with Crippen molar-refractivity contribution in [3.05, 3.63) is 59.2 Å². The molecule has 0 saturated carbocycles. The van der Waals surface area contributed by atoms with Crippen LogP contribution in [0, 0.1) is 13.8 Å². The highest BCUT2D eigenvalue weighted by Gasteiger charge is 2.14. The van der Waals surface area contributed by atoms with Crippen molar-refractivity contribution in [1.82, 2.24) is 19.6 Å². The Morgan fingerprint density at radius 2 is 1.97 bits per heavy atom. The van der Waals surface area contributed by atoms with Crippen LogP contribution in [-0.4, -0.2) is 39.7 Å². The van der Waals surface area contributed by atoms with E-state index in [0.29, 0.717) is 18.0 Å². The Morgan fingerprint density at radius 3 is 2.63 bits per heavy atom.